The van der Waals surface area contributed by atoms with Crippen molar-refractivity contribution < 1.29 is 13.5 Å². The van der Waals surface area contributed by atoms with E-state index in [9.17, 15) is 13.5 Å². The molecule has 174 valence electrons. The number of β-amino-alcohol motifs (C(OH)–C–C–N with tert-alkyl or cyclic N) is 1. The SMILES string of the molecule is CC(C)c1ccc(S(=O)(=O)N2CCN(CC(O)CNc3ccc(C(=N)N)cc3)CC2)cc1. The van der Waals surface area contributed by atoms with E-state index in [-0.39, 0.29) is 5.84 Å². The molecule has 0 aliphatic carbocycles. The summed E-state index contributed by atoms with van der Waals surface area (Å²) in [6.45, 7) is 6.96. The van der Waals surface area contributed by atoms with Crippen LogP contribution in [0.1, 0.15) is 30.9 Å². The van der Waals surface area contributed by atoms with Gasteiger partial charge >= 0.3 is 0 Å². The molecule has 1 saturated heterocycles. The standard InChI is InChI=1S/C23H33N5O3S/c1-17(2)18-5-9-22(10-6-18)32(30,31)28-13-11-27(12-14-28)16-21(29)15-26-20-7-3-19(4-8-20)23(24)25/h3-10,17,21,26,29H,11-16H2,1-2H3,(H3,24,25). The van der Waals surface area contributed by atoms with Crippen LogP contribution in [0.25, 0.3) is 0 Å². The molecule has 2 aromatic rings. The Morgan fingerprint density at radius 3 is 2.19 bits per heavy atom. The molecule has 0 bridgehead atoms. The van der Waals surface area contributed by atoms with Crippen molar-refractivity contribution in [3.05, 3.63) is 59.7 Å². The highest BCUT2D eigenvalue weighted by molar-refractivity contribution is 7.89. The lowest BCUT2D eigenvalue weighted by molar-refractivity contribution is 0.0994. The molecule has 8 nitrogen and oxygen atoms in total. The average molecular weight is 460 g/mol. The van der Waals surface area contributed by atoms with Crippen LogP contribution in [-0.4, -0.2) is 73.9 Å². The first-order chi connectivity index (χ1) is 15.2. The number of aliphatic hydroxyl groups is 1. The molecule has 0 radical (unpaired) electrons. The molecule has 1 aliphatic heterocycles. The van der Waals surface area contributed by atoms with E-state index >= 15 is 0 Å². The molecular weight excluding hydrogens is 426 g/mol. The van der Waals surface area contributed by atoms with Gasteiger partial charge in [0.2, 0.25) is 10.0 Å². The van der Waals surface area contributed by atoms with Gasteiger partial charge in [0.1, 0.15) is 5.84 Å². The molecule has 0 spiro atoms. The average Bonchev–Trinajstić information content (AvgIpc) is 2.78. The summed E-state index contributed by atoms with van der Waals surface area (Å²) in [6, 6.07) is 14.3. The second-order valence-electron chi connectivity index (χ2n) is 8.45. The largest absolute Gasteiger partial charge is 0.390 e. The van der Waals surface area contributed by atoms with E-state index in [0.717, 1.165) is 11.3 Å². The van der Waals surface area contributed by atoms with Gasteiger partial charge in [-0.1, -0.05) is 26.0 Å². The summed E-state index contributed by atoms with van der Waals surface area (Å²) in [7, 11) is -3.50. The van der Waals surface area contributed by atoms with Gasteiger partial charge in [0.25, 0.3) is 0 Å². The Bertz CT molecular complexity index is 999. The van der Waals surface area contributed by atoms with Crippen LogP contribution in [0.3, 0.4) is 0 Å². The maximum absolute atomic E-state index is 12.9. The summed E-state index contributed by atoms with van der Waals surface area (Å²) in [5.41, 5.74) is 8.06. The summed E-state index contributed by atoms with van der Waals surface area (Å²) in [5.74, 6) is 0.376. The van der Waals surface area contributed by atoms with E-state index in [1.54, 1.807) is 24.3 Å². The van der Waals surface area contributed by atoms with Gasteiger partial charge < -0.3 is 16.2 Å². The first-order valence-electron chi connectivity index (χ1n) is 10.9. The molecule has 0 aromatic heterocycles. The van der Waals surface area contributed by atoms with Gasteiger partial charge in [-0.2, -0.15) is 4.31 Å². The van der Waals surface area contributed by atoms with Gasteiger partial charge in [-0.3, -0.25) is 10.3 Å². The van der Waals surface area contributed by atoms with Crippen LogP contribution < -0.4 is 11.1 Å². The molecule has 2 aromatic carbocycles. The minimum atomic E-state index is -3.50. The number of benzene rings is 2. The highest BCUT2D eigenvalue weighted by Crippen LogP contribution is 2.21. The number of hydrogen-bond acceptors (Lipinski definition) is 6. The van der Waals surface area contributed by atoms with Gasteiger partial charge in [0.15, 0.2) is 0 Å². The molecule has 0 saturated carbocycles. The zero-order valence-electron chi connectivity index (χ0n) is 18.7. The van der Waals surface area contributed by atoms with Gasteiger partial charge in [-0.15, -0.1) is 0 Å². The summed E-state index contributed by atoms with van der Waals surface area (Å²) in [4.78, 5) is 2.41. The lowest BCUT2D eigenvalue weighted by Crippen LogP contribution is -2.50. The zero-order valence-corrected chi connectivity index (χ0v) is 19.5. The van der Waals surface area contributed by atoms with E-state index in [0.29, 0.717) is 55.6 Å². The van der Waals surface area contributed by atoms with Crippen LogP contribution in [-0.2, 0) is 10.0 Å². The lowest BCUT2D eigenvalue weighted by atomic mass is 10.0. The Kier molecular flexibility index (Phi) is 7.89. The fourth-order valence-corrected chi connectivity index (χ4v) is 5.11. The summed E-state index contributed by atoms with van der Waals surface area (Å²) < 4.78 is 27.4. The number of nitrogen functional groups attached to an aromatic ring is 1. The second kappa shape index (κ2) is 10.4. The summed E-state index contributed by atoms with van der Waals surface area (Å²) in [6.07, 6.45) is -0.589. The number of nitrogens with one attached hydrogen (secondary N) is 2. The van der Waals surface area contributed by atoms with E-state index in [4.69, 9.17) is 11.1 Å². The molecule has 1 atom stereocenters. The number of rotatable bonds is 9. The van der Waals surface area contributed by atoms with Crippen LogP contribution in [0.4, 0.5) is 5.69 Å². The van der Waals surface area contributed by atoms with E-state index in [1.807, 2.05) is 24.3 Å². The van der Waals surface area contributed by atoms with E-state index in [2.05, 4.69) is 24.1 Å². The molecule has 9 heteroatoms. The second-order valence-corrected chi connectivity index (χ2v) is 10.4. The number of sulfonamides is 1. The van der Waals surface area contributed by atoms with Crippen LogP contribution in [0.2, 0.25) is 0 Å². The number of nitrogens with zero attached hydrogens (tertiary/aromatic N) is 2. The molecular formula is C23H33N5O3S. The van der Waals surface area contributed by atoms with Crippen LogP contribution in [0.5, 0.6) is 0 Å². The monoisotopic (exact) mass is 459 g/mol. The van der Waals surface area contributed by atoms with Crippen molar-refractivity contribution in [1.82, 2.24) is 9.21 Å². The fourth-order valence-electron chi connectivity index (χ4n) is 3.69. The van der Waals surface area contributed by atoms with Crippen molar-refractivity contribution in [3.8, 4) is 0 Å². The summed E-state index contributed by atoms with van der Waals surface area (Å²) >= 11 is 0. The third-order valence-electron chi connectivity index (χ3n) is 5.72. The molecule has 1 fully saturated rings. The zero-order chi connectivity index (χ0) is 23.3. The minimum absolute atomic E-state index is 0.0188. The number of amidine groups is 1. The Labute approximate surface area is 190 Å². The predicted octanol–water partition coefficient (Wildman–Crippen LogP) is 1.87. The van der Waals surface area contributed by atoms with Crippen molar-refractivity contribution in [3.63, 3.8) is 0 Å². The third-order valence-corrected chi connectivity index (χ3v) is 7.64. The topological polar surface area (TPSA) is 123 Å². The van der Waals surface area contributed by atoms with Crippen LogP contribution in [0, 0.1) is 5.41 Å². The molecule has 1 heterocycles. The van der Waals surface area contributed by atoms with Crippen LogP contribution >= 0.6 is 0 Å². The summed E-state index contributed by atoms with van der Waals surface area (Å²) in [5, 5.41) is 21.0. The molecule has 5 N–H and O–H groups in total. The van der Waals surface area contributed by atoms with Gasteiger partial charge in [0.05, 0.1) is 11.0 Å². The van der Waals surface area contributed by atoms with Gasteiger partial charge in [-0.05, 0) is 47.9 Å². The fraction of sp³-hybridized carbons (Fsp3) is 0.435. The molecule has 32 heavy (non-hydrogen) atoms. The predicted molar refractivity (Wildman–Crippen MR) is 128 cm³/mol. The first kappa shape index (κ1) is 24.2. The normalized spacial score (nSPS) is 16.8. The number of aliphatic hydroxyl groups excluding tert-OH is 1. The Hall–Kier alpha value is -2.46. The Morgan fingerprint density at radius 2 is 1.66 bits per heavy atom. The van der Waals surface area contributed by atoms with Crippen molar-refractivity contribution >= 4 is 21.5 Å². The van der Waals surface area contributed by atoms with Crippen molar-refractivity contribution in [2.75, 3.05) is 44.6 Å². The van der Waals surface area contributed by atoms with Crippen molar-refractivity contribution in [2.24, 2.45) is 5.73 Å². The molecule has 3 rings (SSSR count). The third kappa shape index (κ3) is 6.07. The Morgan fingerprint density at radius 1 is 1.06 bits per heavy atom. The molecule has 1 aliphatic rings. The highest BCUT2D eigenvalue weighted by atomic mass is 32.2. The quantitative estimate of drug-likeness (QED) is 0.335. The van der Waals surface area contributed by atoms with Crippen molar-refractivity contribution in [2.45, 2.75) is 30.8 Å². The number of hydrogen-bond donors (Lipinski definition) is 4. The highest BCUT2D eigenvalue weighted by Gasteiger charge is 2.29. The number of nitrogens with two attached hydrogens (primary N) is 1. The Balaban J connectivity index is 1.47. The first-order valence-corrected chi connectivity index (χ1v) is 12.3. The maximum atomic E-state index is 12.9. The molecule has 0 amide bonds. The minimum Gasteiger partial charge on any atom is -0.390 e. The van der Waals surface area contributed by atoms with E-state index in [1.165, 1.54) is 4.31 Å². The van der Waals surface area contributed by atoms with E-state index < -0.39 is 16.1 Å². The smallest absolute Gasteiger partial charge is 0.243 e. The number of anilines is 1. The lowest BCUT2D eigenvalue weighted by Gasteiger charge is -2.35. The number of piperazine rings is 1. The van der Waals surface area contributed by atoms with Crippen LogP contribution in [0.15, 0.2) is 53.4 Å². The van der Waals surface area contributed by atoms with Gasteiger partial charge in [0, 0.05) is 50.5 Å². The molecule has 1 unspecified atom stereocenters. The maximum Gasteiger partial charge on any atom is 0.243 e. The van der Waals surface area contributed by atoms with Crippen molar-refractivity contribution in [1.29, 1.82) is 5.41 Å². The van der Waals surface area contributed by atoms with Gasteiger partial charge in [-0.25, -0.2) is 8.42 Å².